The van der Waals surface area contributed by atoms with Crippen molar-refractivity contribution in [3.05, 3.63) is 48.0 Å². The number of amides is 1. The Morgan fingerprint density at radius 2 is 1.91 bits per heavy atom. The van der Waals surface area contributed by atoms with Crippen LogP contribution in [0.1, 0.15) is 24.9 Å². The van der Waals surface area contributed by atoms with E-state index in [2.05, 4.69) is 0 Å². The van der Waals surface area contributed by atoms with Crippen LogP contribution in [-0.4, -0.2) is 31.5 Å². The second kappa shape index (κ2) is 5.92. The number of halogens is 1. The first-order chi connectivity index (χ1) is 10.8. The van der Waals surface area contributed by atoms with Crippen LogP contribution in [0.4, 0.5) is 3.89 Å². The van der Waals surface area contributed by atoms with Crippen LogP contribution < -0.4 is 0 Å². The van der Waals surface area contributed by atoms with Gasteiger partial charge < -0.3 is 4.90 Å². The van der Waals surface area contributed by atoms with Crippen LogP contribution in [-0.2, 0) is 15.0 Å². The zero-order valence-electron chi connectivity index (χ0n) is 12.8. The van der Waals surface area contributed by atoms with E-state index in [1.807, 2.05) is 49.4 Å². The minimum atomic E-state index is -4.56. The minimum absolute atomic E-state index is 0.0816. The van der Waals surface area contributed by atoms with Crippen LogP contribution in [0, 0.1) is 5.92 Å². The van der Waals surface area contributed by atoms with Gasteiger partial charge in [-0.2, -0.15) is 8.42 Å². The Kier molecular flexibility index (Phi) is 4.10. The summed E-state index contributed by atoms with van der Waals surface area (Å²) in [6, 6.07) is 13.7. The van der Waals surface area contributed by atoms with Crippen molar-refractivity contribution in [2.24, 2.45) is 5.92 Å². The molecule has 2 atom stereocenters. The Morgan fingerprint density at radius 3 is 2.65 bits per heavy atom. The van der Waals surface area contributed by atoms with Crippen molar-refractivity contribution in [2.75, 3.05) is 12.3 Å². The van der Waals surface area contributed by atoms with E-state index in [0.29, 0.717) is 0 Å². The molecule has 2 aromatic rings. The number of nitrogens with zero attached hydrogens (tertiary/aromatic N) is 1. The molecule has 0 N–H and O–H groups in total. The average Bonchev–Trinajstić information content (AvgIpc) is 2.84. The van der Waals surface area contributed by atoms with Crippen molar-refractivity contribution in [3.8, 4) is 0 Å². The van der Waals surface area contributed by atoms with E-state index in [0.717, 1.165) is 16.3 Å². The second-order valence-electron chi connectivity index (χ2n) is 6.07. The Morgan fingerprint density at radius 1 is 1.22 bits per heavy atom. The number of benzene rings is 2. The number of carbonyl (C=O) groups excluding carboxylic acids is 1. The van der Waals surface area contributed by atoms with Gasteiger partial charge in [0.05, 0.1) is 11.8 Å². The van der Waals surface area contributed by atoms with E-state index in [1.54, 1.807) is 4.90 Å². The third-order valence-corrected chi connectivity index (χ3v) is 5.28. The van der Waals surface area contributed by atoms with Crippen LogP contribution in [0.5, 0.6) is 0 Å². The molecule has 0 radical (unpaired) electrons. The molecule has 1 fully saturated rings. The van der Waals surface area contributed by atoms with Gasteiger partial charge in [-0.05, 0) is 23.3 Å². The predicted molar refractivity (Wildman–Crippen MR) is 87.1 cm³/mol. The third kappa shape index (κ3) is 3.37. The van der Waals surface area contributed by atoms with E-state index in [9.17, 15) is 17.1 Å². The highest BCUT2D eigenvalue weighted by molar-refractivity contribution is 7.86. The van der Waals surface area contributed by atoms with Gasteiger partial charge in [0, 0.05) is 18.9 Å². The van der Waals surface area contributed by atoms with Crippen molar-refractivity contribution in [1.29, 1.82) is 0 Å². The van der Waals surface area contributed by atoms with Crippen LogP contribution in [0.15, 0.2) is 42.5 Å². The van der Waals surface area contributed by atoms with E-state index in [-0.39, 0.29) is 24.9 Å². The monoisotopic (exact) mass is 335 g/mol. The molecule has 1 heterocycles. The third-order valence-electron chi connectivity index (χ3n) is 4.41. The molecule has 3 rings (SSSR count). The van der Waals surface area contributed by atoms with Gasteiger partial charge in [0.15, 0.2) is 0 Å². The summed E-state index contributed by atoms with van der Waals surface area (Å²) in [5, 5.41) is 2.16. The Labute approximate surface area is 135 Å². The normalized spacial score (nSPS) is 20.2. The van der Waals surface area contributed by atoms with Gasteiger partial charge in [0.2, 0.25) is 5.91 Å². The quantitative estimate of drug-likeness (QED) is 0.807. The van der Waals surface area contributed by atoms with Crippen molar-refractivity contribution in [1.82, 2.24) is 4.90 Å². The van der Waals surface area contributed by atoms with E-state index in [1.165, 1.54) is 0 Å². The molecule has 122 valence electrons. The first kappa shape index (κ1) is 15.9. The molecule has 0 aromatic heterocycles. The Balaban J connectivity index is 1.88. The SMILES string of the molecule is CC(c1cccc2ccccc12)N1CC(CS(=O)(=O)F)CC1=O. The average molecular weight is 335 g/mol. The molecular formula is C17H18FNO3S. The highest BCUT2D eigenvalue weighted by Crippen LogP contribution is 2.32. The minimum Gasteiger partial charge on any atom is -0.336 e. The molecule has 6 heteroatoms. The topological polar surface area (TPSA) is 54.5 Å². The van der Waals surface area contributed by atoms with Crippen LogP contribution in [0.2, 0.25) is 0 Å². The number of hydrogen-bond acceptors (Lipinski definition) is 3. The lowest BCUT2D eigenvalue weighted by atomic mass is 9.99. The van der Waals surface area contributed by atoms with Crippen molar-refractivity contribution in [2.45, 2.75) is 19.4 Å². The number of fused-ring (bicyclic) bond motifs is 1. The second-order valence-corrected chi connectivity index (χ2v) is 7.48. The summed E-state index contributed by atoms with van der Waals surface area (Å²) in [5.74, 6) is -1.19. The van der Waals surface area contributed by atoms with Crippen molar-refractivity contribution < 1.29 is 17.1 Å². The van der Waals surface area contributed by atoms with Gasteiger partial charge >= 0.3 is 10.2 Å². The molecule has 2 aromatic carbocycles. The maximum Gasteiger partial charge on any atom is 0.302 e. The smallest absolute Gasteiger partial charge is 0.302 e. The molecule has 0 spiro atoms. The Hall–Kier alpha value is -1.95. The lowest BCUT2D eigenvalue weighted by Gasteiger charge is -2.26. The summed E-state index contributed by atoms with van der Waals surface area (Å²) in [5.41, 5.74) is 1.01. The van der Waals surface area contributed by atoms with Crippen LogP contribution in [0.25, 0.3) is 10.8 Å². The largest absolute Gasteiger partial charge is 0.336 e. The highest BCUT2D eigenvalue weighted by atomic mass is 32.3. The van der Waals surface area contributed by atoms with Gasteiger partial charge in [-0.25, -0.2) is 0 Å². The van der Waals surface area contributed by atoms with Crippen molar-refractivity contribution in [3.63, 3.8) is 0 Å². The first-order valence-electron chi connectivity index (χ1n) is 7.54. The van der Waals surface area contributed by atoms with E-state index < -0.39 is 21.9 Å². The molecule has 1 aliphatic heterocycles. The maximum absolute atomic E-state index is 12.9. The van der Waals surface area contributed by atoms with Gasteiger partial charge in [0.25, 0.3) is 0 Å². The molecule has 1 saturated heterocycles. The van der Waals surface area contributed by atoms with Gasteiger partial charge in [-0.3, -0.25) is 4.79 Å². The first-order valence-corrected chi connectivity index (χ1v) is 9.10. The Bertz CT molecular complexity index is 845. The fourth-order valence-electron chi connectivity index (χ4n) is 3.36. The number of hydrogen-bond donors (Lipinski definition) is 0. The number of carbonyl (C=O) groups is 1. The molecule has 4 nitrogen and oxygen atoms in total. The summed E-state index contributed by atoms with van der Waals surface area (Å²) in [4.78, 5) is 13.9. The fourth-order valence-corrected chi connectivity index (χ4v) is 4.15. The molecule has 0 aliphatic carbocycles. The molecule has 0 bridgehead atoms. The summed E-state index contributed by atoms with van der Waals surface area (Å²) in [6.07, 6.45) is 0.0816. The summed E-state index contributed by atoms with van der Waals surface area (Å²) < 4.78 is 34.5. The van der Waals surface area contributed by atoms with Crippen molar-refractivity contribution >= 4 is 26.9 Å². The summed E-state index contributed by atoms with van der Waals surface area (Å²) in [6.45, 7) is 2.19. The zero-order chi connectivity index (χ0) is 16.6. The number of likely N-dealkylation sites (tertiary alicyclic amines) is 1. The van der Waals surface area contributed by atoms with Gasteiger partial charge in [0.1, 0.15) is 0 Å². The molecule has 0 saturated carbocycles. The van der Waals surface area contributed by atoms with Gasteiger partial charge in [-0.1, -0.05) is 42.5 Å². The van der Waals surface area contributed by atoms with E-state index in [4.69, 9.17) is 0 Å². The standard InChI is InChI=1S/C17H18FNO3S/c1-12(15-8-4-6-14-5-2-3-7-16(14)15)19-10-13(9-17(19)20)11-23(18,21)22/h2-8,12-13H,9-11H2,1H3. The van der Waals surface area contributed by atoms with Crippen LogP contribution >= 0.6 is 0 Å². The lowest BCUT2D eigenvalue weighted by molar-refractivity contribution is -0.129. The molecule has 1 aliphatic rings. The molecule has 2 unspecified atom stereocenters. The zero-order valence-corrected chi connectivity index (χ0v) is 13.6. The maximum atomic E-state index is 12.9. The van der Waals surface area contributed by atoms with Gasteiger partial charge in [-0.15, -0.1) is 3.89 Å². The summed E-state index contributed by atoms with van der Waals surface area (Å²) in [7, 11) is -4.56. The fraction of sp³-hybridized carbons (Fsp3) is 0.353. The molecular weight excluding hydrogens is 317 g/mol. The number of rotatable bonds is 4. The van der Waals surface area contributed by atoms with Crippen LogP contribution in [0.3, 0.4) is 0 Å². The lowest BCUT2D eigenvalue weighted by Crippen LogP contribution is -2.29. The molecule has 1 amide bonds. The van der Waals surface area contributed by atoms with E-state index >= 15 is 0 Å². The summed E-state index contributed by atoms with van der Waals surface area (Å²) >= 11 is 0. The highest BCUT2D eigenvalue weighted by Gasteiger charge is 2.35. The molecule has 23 heavy (non-hydrogen) atoms. The predicted octanol–water partition coefficient (Wildman–Crippen LogP) is 3.05.